The summed E-state index contributed by atoms with van der Waals surface area (Å²) in [5.41, 5.74) is 4.44. The number of hydrogen-bond donors (Lipinski definition) is 0. The lowest BCUT2D eigenvalue weighted by Gasteiger charge is -2.22. The van der Waals surface area contributed by atoms with E-state index in [2.05, 4.69) is 72.5 Å². The standard InChI is InChI=1S/C20H20N4/c1-3-24-20-17(13-21-24)19(16-11-7-8-12-18(16)22-20)23(2)14-15-9-5-4-6-10-15/h4-13H,3,14H2,1-2H3. The molecule has 4 nitrogen and oxygen atoms in total. The van der Waals surface area contributed by atoms with Crippen LogP contribution in [0.3, 0.4) is 0 Å². The number of para-hydroxylation sites is 1. The van der Waals surface area contributed by atoms with E-state index in [1.54, 1.807) is 0 Å². The van der Waals surface area contributed by atoms with Gasteiger partial charge in [0.2, 0.25) is 0 Å². The molecule has 0 saturated heterocycles. The molecule has 0 fully saturated rings. The molecule has 2 aromatic carbocycles. The van der Waals surface area contributed by atoms with Crippen molar-refractivity contribution in [1.82, 2.24) is 14.8 Å². The van der Waals surface area contributed by atoms with Crippen LogP contribution in [0.5, 0.6) is 0 Å². The fraction of sp³-hybridized carbons (Fsp3) is 0.200. The number of hydrogen-bond acceptors (Lipinski definition) is 3. The second kappa shape index (κ2) is 5.96. The van der Waals surface area contributed by atoms with Crippen molar-refractivity contribution >= 4 is 27.6 Å². The SMILES string of the molecule is CCn1ncc2c(N(C)Cc3ccccc3)c3ccccc3nc21. The van der Waals surface area contributed by atoms with Gasteiger partial charge in [0, 0.05) is 25.5 Å². The molecule has 0 bridgehead atoms. The molecule has 0 N–H and O–H groups in total. The van der Waals surface area contributed by atoms with Crippen molar-refractivity contribution in [3.05, 3.63) is 66.4 Å². The smallest absolute Gasteiger partial charge is 0.160 e. The molecule has 120 valence electrons. The quantitative estimate of drug-likeness (QED) is 0.565. The third kappa shape index (κ3) is 2.40. The van der Waals surface area contributed by atoms with Gasteiger partial charge in [-0.2, -0.15) is 5.10 Å². The van der Waals surface area contributed by atoms with Gasteiger partial charge >= 0.3 is 0 Å². The van der Waals surface area contributed by atoms with Crippen LogP contribution < -0.4 is 4.90 Å². The summed E-state index contributed by atoms with van der Waals surface area (Å²) in [5.74, 6) is 0. The van der Waals surface area contributed by atoms with Gasteiger partial charge in [0.15, 0.2) is 5.65 Å². The van der Waals surface area contributed by atoms with E-state index in [-0.39, 0.29) is 0 Å². The van der Waals surface area contributed by atoms with Crippen LogP contribution in [0.2, 0.25) is 0 Å². The van der Waals surface area contributed by atoms with Crippen LogP contribution in [0.4, 0.5) is 5.69 Å². The molecule has 0 saturated carbocycles. The minimum absolute atomic E-state index is 0.816. The van der Waals surface area contributed by atoms with Gasteiger partial charge in [-0.25, -0.2) is 9.67 Å². The Morgan fingerprint density at radius 3 is 2.50 bits per heavy atom. The zero-order valence-electron chi connectivity index (χ0n) is 14.0. The van der Waals surface area contributed by atoms with Gasteiger partial charge in [-0.15, -0.1) is 0 Å². The van der Waals surface area contributed by atoms with Gasteiger partial charge in [0.25, 0.3) is 0 Å². The number of rotatable bonds is 4. The molecule has 0 aliphatic carbocycles. The molecular weight excluding hydrogens is 296 g/mol. The summed E-state index contributed by atoms with van der Waals surface area (Å²) in [7, 11) is 2.14. The van der Waals surface area contributed by atoms with Gasteiger partial charge in [-0.1, -0.05) is 48.5 Å². The molecule has 4 aromatic rings. The molecule has 0 aliphatic heterocycles. The summed E-state index contributed by atoms with van der Waals surface area (Å²) in [6.45, 7) is 3.76. The molecule has 4 heteroatoms. The maximum absolute atomic E-state index is 4.83. The van der Waals surface area contributed by atoms with Crippen LogP contribution in [-0.4, -0.2) is 21.8 Å². The maximum Gasteiger partial charge on any atom is 0.160 e. The van der Waals surface area contributed by atoms with Crippen molar-refractivity contribution in [1.29, 1.82) is 0 Å². The van der Waals surface area contributed by atoms with E-state index in [1.165, 1.54) is 16.6 Å². The second-order valence-electron chi connectivity index (χ2n) is 6.02. The maximum atomic E-state index is 4.83. The first kappa shape index (κ1) is 14.7. The van der Waals surface area contributed by atoms with Crippen LogP contribution >= 0.6 is 0 Å². The fourth-order valence-corrected chi connectivity index (χ4v) is 3.27. The fourth-order valence-electron chi connectivity index (χ4n) is 3.27. The normalized spacial score (nSPS) is 11.2. The molecule has 24 heavy (non-hydrogen) atoms. The highest BCUT2D eigenvalue weighted by Crippen LogP contribution is 2.33. The van der Waals surface area contributed by atoms with Crippen molar-refractivity contribution in [2.45, 2.75) is 20.0 Å². The summed E-state index contributed by atoms with van der Waals surface area (Å²) in [6.07, 6.45) is 1.94. The molecule has 2 aromatic heterocycles. The summed E-state index contributed by atoms with van der Waals surface area (Å²) in [5, 5.41) is 6.79. The van der Waals surface area contributed by atoms with Gasteiger partial charge in [-0.3, -0.25) is 0 Å². The largest absolute Gasteiger partial charge is 0.369 e. The molecule has 0 unspecified atom stereocenters. The molecule has 0 aliphatic rings. The van der Waals surface area contributed by atoms with E-state index in [1.807, 2.05) is 16.9 Å². The molecular formula is C20H20N4. The number of aromatic nitrogens is 3. The van der Waals surface area contributed by atoms with E-state index in [0.717, 1.165) is 29.6 Å². The van der Waals surface area contributed by atoms with E-state index >= 15 is 0 Å². The van der Waals surface area contributed by atoms with Gasteiger partial charge < -0.3 is 4.90 Å². The topological polar surface area (TPSA) is 34.0 Å². The van der Waals surface area contributed by atoms with Crippen molar-refractivity contribution in [3.63, 3.8) is 0 Å². The average molecular weight is 316 g/mol. The molecule has 4 rings (SSSR count). The molecule has 0 spiro atoms. The van der Waals surface area contributed by atoms with Crippen molar-refractivity contribution in [2.24, 2.45) is 0 Å². The molecule has 2 heterocycles. The Hall–Kier alpha value is -2.88. The van der Waals surface area contributed by atoms with Crippen LogP contribution in [0.25, 0.3) is 21.9 Å². The van der Waals surface area contributed by atoms with Crippen LogP contribution in [0.1, 0.15) is 12.5 Å². The third-order valence-electron chi connectivity index (χ3n) is 4.40. The van der Waals surface area contributed by atoms with Crippen LogP contribution in [0.15, 0.2) is 60.8 Å². The lowest BCUT2D eigenvalue weighted by atomic mass is 10.1. The lowest BCUT2D eigenvalue weighted by molar-refractivity contribution is 0.677. The average Bonchev–Trinajstić information content (AvgIpc) is 3.02. The first-order valence-corrected chi connectivity index (χ1v) is 8.27. The highest BCUT2D eigenvalue weighted by Gasteiger charge is 2.16. The van der Waals surface area contributed by atoms with Crippen LogP contribution in [0, 0.1) is 0 Å². The Balaban J connectivity index is 1.92. The van der Waals surface area contributed by atoms with E-state index in [0.29, 0.717) is 0 Å². The highest BCUT2D eigenvalue weighted by molar-refractivity contribution is 6.06. The Morgan fingerprint density at radius 2 is 1.71 bits per heavy atom. The number of benzene rings is 2. The Morgan fingerprint density at radius 1 is 0.958 bits per heavy atom. The predicted molar refractivity (Wildman–Crippen MR) is 99.3 cm³/mol. The zero-order valence-corrected chi connectivity index (χ0v) is 14.0. The van der Waals surface area contributed by atoms with Crippen molar-refractivity contribution in [3.8, 4) is 0 Å². The number of aryl methyl sites for hydroxylation is 1. The number of nitrogens with zero attached hydrogens (tertiary/aromatic N) is 4. The van der Waals surface area contributed by atoms with E-state index in [4.69, 9.17) is 4.98 Å². The summed E-state index contributed by atoms with van der Waals surface area (Å²) >= 11 is 0. The second-order valence-corrected chi connectivity index (χ2v) is 6.02. The minimum Gasteiger partial charge on any atom is -0.369 e. The molecule has 0 atom stereocenters. The van der Waals surface area contributed by atoms with Crippen molar-refractivity contribution in [2.75, 3.05) is 11.9 Å². The first-order chi connectivity index (χ1) is 11.8. The van der Waals surface area contributed by atoms with Crippen LogP contribution in [-0.2, 0) is 13.1 Å². The third-order valence-corrected chi connectivity index (χ3v) is 4.40. The zero-order chi connectivity index (χ0) is 16.5. The van der Waals surface area contributed by atoms with Gasteiger partial charge in [0.05, 0.1) is 22.8 Å². The number of anilines is 1. The Labute approximate surface area is 141 Å². The first-order valence-electron chi connectivity index (χ1n) is 8.27. The summed E-state index contributed by atoms with van der Waals surface area (Å²) in [6, 6.07) is 18.9. The van der Waals surface area contributed by atoms with Crippen molar-refractivity contribution < 1.29 is 0 Å². The highest BCUT2D eigenvalue weighted by atomic mass is 15.3. The predicted octanol–water partition coefficient (Wildman–Crippen LogP) is 4.24. The Bertz CT molecular complexity index is 989. The van der Waals surface area contributed by atoms with E-state index in [9.17, 15) is 0 Å². The monoisotopic (exact) mass is 316 g/mol. The Kier molecular flexibility index (Phi) is 3.65. The van der Waals surface area contributed by atoms with E-state index < -0.39 is 0 Å². The number of pyridine rings is 1. The molecule has 0 amide bonds. The minimum atomic E-state index is 0.816. The molecule has 0 radical (unpaired) electrons. The summed E-state index contributed by atoms with van der Waals surface area (Å²) in [4.78, 5) is 7.13. The summed E-state index contributed by atoms with van der Waals surface area (Å²) < 4.78 is 1.96. The van der Waals surface area contributed by atoms with Gasteiger partial charge in [0.1, 0.15) is 0 Å². The van der Waals surface area contributed by atoms with Gasteiger partial charge in [-0.05, 0) is 18.6 Å². The lowest BCUT2D eigenvalue weighted by Crippen LogP contribution is -2.17. The number of fused-ring (bicyclic) bond motifs is 2.